The van der Waals surface area contributed by atoms with Crippen LogP contribution in [0.5, 0.6) is 0 Å². The molecule has 2 rings (SSSR count). The van der Waals surface area contributed by atoms with Crippen molar-refractivity contribution in [3.8, 4) is 0 Å². The molecule has 2 aromatic heterocycles. The van der Waals surface area contributed by atoms with Gasteiger partial charge in [-0.25, -0.2) is 4.98 Å². The van der Waals surface area contributed by atoms with E-state index in [2.05, 4.69) is 10.3 Å². The fourth-order valence-electron chi connectivity index (χ4n) is 2.13. The first-order valence-electron chi connectivity index (χ1n) is 6.91. The van der Waals surface area contributed by atoms with Crippen LogP contribution in [0.15, 0.2) is 35.3 Å². The molecule has 0 bridgehead atoms. The summed E-state index contributed by atoms with van der Waals surface area (Å²) >= 11 is 0. The maximum absolute atomic E-state index is 12.0. The summed E-state index contributed by atoms with van der Waals surface area (Å²) in [4.78, 5) is 29.9. The lowest BCUT2D eigenvalue weighted by Crippen LogP contribution is -2.38. The van der Waals surface area contributed by atoms with Gasteiger partial charge in [0.05, 0.1) is 12.2 Å². The van der Waals surface area contributed by atoms with E-state index in [0.29, 0.717) is 17.9 Å². The van der Waals surface area contributed by atoms with Crippen LogP contribution in [0.4, 0.5) is 0 Å². The molecule has 112 valence electrons. The SMILES string of the molecule is CC(C)NC(=O)CN(C)Cc1cc(=O)n2ccccc2n1. The number of amides is 1. The van der Waals surface area contributed by atoms with Crippen molar-refractivity contribution in [2.45, 2.75) is 26.4 Å². The summed E-state index contributed by atoms with van der Waals surface area (Å²) in [7, 11) is 1.83. The van der Waals surface area contributed by atoms with Crippen molar-refractivity contribution >= 4 is 11.6 Å². The molecular weight excluding hydrogens is 268 g/mol. The lowest BCUT2D eigenvalue weighted by molar-refractivity contribution is -0.122. The number of carbonyl (C=O) groups is 1. The van der Waals surface area contributed by atoms with Gasteiger partial charge in [-0.15, -0.1) is 0 Å². The van der Waals surface area contributed by atoms with E-state index < -0.39 is 0 Å². The van der Waals surface area contributed by atoms with E-state index in [1.807, 2.05) is 31.9 Å². The molecule has 21 heavy (non-hydrogen) atoms. The Morgan fingerprint density at radius 3 is 2.90 bits per heavy atom. The summed E-state index contributed by atoms with van der Waals surface area (Å²) in [6.45, 7) is 4.56. The molecule has 2 heterocycles. The van der Waals surface area contributed by atoms with E-state index in [4.69, 9.17) is 0 Å². The average molecular weight is 288 g/mol. The van der Waals surface area contributed by atoms with Gasteiger partial charge in [-0.3, -0.25) is 18.9 Å². The molecule has 0 radical (unpaired) electrons. The number of rotatable bonds is 5. The Bertz CT molecular complexity index is 693. The second-order valence-corrected chi connectivity index (χ2v) is 5.41. The molecule has 0 aliphatic heterocycles. The summed E-state index contributed by atoms with van der Waals surface area (Å²) in [6.07, 6.45) is 1.69. The van der Waals surface area contributed by atoms with Crippen LogP contribution in [0.1, 0.15) is 19.5 Å². The number of nitrogens with one attached hydrogen (secondary N) is 1. The zero-order valence-corrected chi connectivity index (χ0v) is 12.5. The molecule has 6 nitrogen and oxygen atoms in total. The van der Waals surface area contributed by atoms with E-state index in [9.17, 15) is 9.59 Å². The lowest BCUT2D eigenvalue weighted by Gasteiger charge is -2.17. The van der Waals surface area contributed by atoms with Crippen LogP contribution >= 0.6 is 0 Å². The van der Waals surface area contributed by atoms with Crippen molar-refractivity contribution < 1.29 is 4.79 Å². The molecule has 0 saturated carbocycles. The Morgan fingerprint density at radius 1 is 1.43 bits per heavy atom. The molecule has 0 atom stereocenters. The van der Waals surface area contributed by atoms with Crippen LogP contribution in [0, 0.1) is 0 Å². The van der Waals surface area contributed by atoms with Crippen LogP contribution in [-0.4, -0.2) is 39.8 Å². The molecule has 0 fully saturated rings. The summed E-state index contributed by atoms with van der Waals surface area (Å²) < 4.78 is 1.50. The highest BCUT2D eigenvalue weighted by atomic mass is 16.2. The van der Waals surface area contributed by atoms with E-state index in [-0.39, 0.29) is 24.1 Å². The average Bonchev–Trinajstić information content (AvgIpc) is 2.37. The van der Waals surface area contributed by atoms with E-state index in [0.717, 1.165) is 0 Å². The van der Waals surface area contributed by atoms with Crippen LogP contribution in [0.3, 0.4) is 0 Å². The van der Waals surface area contributed by atoms with E-state index in [1.54, 1.807) is 18.3 Å². The minimum atomic E-state index is -0.115. The number of fused-ring (bicyclic) bond motifs is 1. The second kappa shape index (κ2) is 6.49. The Hall–Kier alpha value is -2.21. The Labute approximate surface area is 123 Å². The van der Waals surface area contributed by atoms with Gasteiger partial charge < -0.3 is 5.32 Å². The van der Waals surface area contributed by atoms with Gasteiger partial charge in [0.15, 0.2) is 0 Å². The Kier molecular flexibility index (Phi) is 4.70. The summed E-state index contributed by atoms with van der Waals surface area (Å²) in [5, 5.41) is 2.83. The van der Waals surface area contributed by atoms with Gasteiger partial charge in [0.2, 0.25) is 5.91 Å². The molecule has 1 amide bonds. The zero-order chi connectivity index (χ0) is 15.4. The number of likely N-dealkylation sites (N-methyl/N-ethyl adjacent to an activating group) is 1. The molecule has 2 aromatic rings. The van der Waals surface area contributed by atoms with Crippen molar-refractivity contribution in [1.29, 1.82) is 0 Å². The van der Waals surface area contributed by atoms with Crippen LogP contribution in [0.25, 0.3) is 5.65 Å². The molecule has 6 heteroatoms. The largest absolute Gasteiger partial charge is 0.353 e. The number of hydrogen-bond acceptors (Lipinski definition) is 4. The topological polar surface area (TPSA) is 66.7 Å². The van der Waals surface area contributed by atoms with Gasteiger partial charge in [0.1, 0.15) is 5.65 Å². The Morgan fingerprint density at radius 2 is 2.19 bits per heavy atom. The van der Waals surface area contributed by atoms with Gasteiger partial charge in [-0.05, 0) is 33.0 Å². The molecule has 0 aliphatic rings. The number of hydrogen-bond donors (Lipinski definition) is 1. The molecule has 0 unspecified atom stereocenters. The van der Waals surface area contributed by atoms with Crippen LogP contribution in [0.2, 0.25) is 0 Å². The third-order valence-electron chi connectivity index (χ3n) is 2.92. The van der Waals surface area contributed by atoms with Crippen molar-refractivity contribution in [2.24, 2.45) is 0 Å². The third kappa shape index (κ3) is 4.13. The molecule has 1 N–H and O–H groups in total. The van der Waals surface area contributed by atoms with Crippen molar-refractivity contribution in [3.63, 3.8) is 0 Å². The highest BCUT2D eigenvalue weighted by Gasteiger charge is 2.10. The second-order valence-electron chi connectivity index (χ2n) is 5.41. The highest BCUT2D eigenvalue weighted by Crippen LogP contribution is 2.01. The quantitative estimate of drug-likeness (QED) is 0.877. The minimum Gasteiger partial charge on any atom is -0.353 e. The van der Waals surface area contributed by atoms with Crippen molar-refractivity contribution in [1.82, 2.24) is 19.6 Å². The predicted molar refractivity (Wildman–Crippen MR) is 81.1 cm³/mol. The number of carbonyl (C=O) groups excluding carboxylic acids is 1. The Balaban J connectivity index is 2.09. The molecule has 0 spiro atoms. The minimum absolute atomic E-state index is 0.0370. The van der Waals surface area contributed by atoms with Gasteiger partial charge in [0, 0.05) is 24.8 Å². The van der Waals surface area contributed by atoms with E-state index >= 15 is 0 Å². The normalized spacial score (nSPS) is 11.3. The van der Waals surface area contributed by atoms with E-state index in [1.165, 1.54) is 10.5 Å². The van der Waals surface area contributed by atoms with Crippen molar-refractivity contribution in [3.05, 3.63) is 46.5 Å². The zero-order valence-electron chi connectivity index (χ0n) is 12.5. The van der Waals surface area contributed by atoms with Crippen molar-refractivity contribution in [2.75, 3.05) is 13.6 Å². The smallest absolute Gasteiger partial charge is 0.258 e. The first-order valence-corrected chi connectivity index (χ1v) is 6.91. The van der Waals surface area contributed by atoms with Crippen LogP contribution < -0.4 is 10.9 Å². The first-order chi connectivity index (χ1) is 9.95. The molecular formula is C15H20N4O2. The lowest BCUT2D eigenvalue weighted by atomic mass is 10.3. The van der Waals surface area contributed by atoms with Gasteiger partial charge in [0.25, 0.3) is 5.56 Å². The monoisotopic (exact) mass is 288 g/mol. The van der Waals surface area contributed by atoms with Crippen LogP contribution in [-0.2, 0) is 11.3 Å². The number of aromatic nitrogens is 2. The maximum atomic E-state index is 12.0. The van der Waals surface area contributed by atoms with Gasteiger partial charge >= 0.3 is 0 Å². The standard InChI is InChI=1S/C15H20N4O2/c1-11(2)16-14(20)10-18(3)9-12-8-15(21)19-7-5-4-6-13(19)17-12/h4-8,11H,9-10H2,1-3H3,(H,16,20). The predicted octanol–water partition coefficient (Wildman–Crippen LogP) is 0.651. The molecule has 0 aliphatic carbocycles. The highest BCUT2D eigenvalue weighted by molar-refractivity contribution is 5.78. The number of pyridine rings is 1. The molecule has 0 saturated heterocycles. The molecule has 0 aromatic carbocycles. The number of nitrogens with zero attached hydrogens (tertiary/aromatic N) is 3. The maximum Gasteiger partial charge on any atom is 0.258 e. The summed E-state index contributed by atoms with van der Waals surface area (Å²) in [6, 6.07) is 7.04. The van der Waals surface area contributed by atoms with Gasteiger partial charge in [-0.1, -0.05) is 6.07 Å². The summed E-state index contributed by atoms with van der Waals surface area (Å²) in [5.41, 5.74) is 1.15. The summed E-state index contributed by atoms with van der Waals surface area (Å²) in [5.74, 6) is -0.0370. The fraction of sp³-hybridized carbons (Fsp3) is 0.400. The first kappa shape index (κ1) is 15.2. The third-order valence-corrected chi connectivity index (χ3v) is 2.92. The fourth-order valence-corrected chi connectivity index (χ4v) is 2.13. The van der Waals surface area contributed by atoms with Gasteiger partial charge in [-0.2, -0.15) is 0 Å².